The summed E-state index contributed by atoms with van der Waals surface area (Å²) in [6, 6.07) is 8.12. The lowest BCUT2D eigenvalue weighted by atomic mass is 9.99. The first-order valence-electron chi connectivity index (χ1n) is 6.86. The van der Waals surface area contributed by atoms with E-state index in [2.05, 4.69) is 16.0 Å². The van der Waals surface area contributed by atoms with Crippen molar-refractivity contribution in [3.05, 3.63) is 35.0 Å². The molecule has 0 saturated carbocycles. The Labute approximate surface area is 118 Å². The van der Waals surface area contributed by atoms with Gasteiger partial charge in [-0.3, -0.25) is 4.90 Å². The molecule has 1 saturated heterocycles. The average Bonchev–Trinajstić information content (AvgIpc) is 2.76. The van der Waals surface area contributed by atoms with E-state index in [4.69, 9.17) is 11.6 Å². The molecule has 3 nitrogen and oxygen atoms in total. The minimum absolute atomic E-state index is 0.289. The maximum atomic E-state index is 9.28. The van der Waals surface area contributed by atoms with Gasteiger partial charge in [0.25, 0.3) is 0 Å². The molecule has 19 heavy (non-hydrogen) atoms. The number of aromatic nitrogens is 1. The number of hydrogen-bond acceptors (Lipinski definition) is 2. The van der Waals surface area contributed by atoms with Crippen LogP contribution in [0.4, 0.5) is 0 Å². The van der Waals surface area contributed by atoms with Crippen molar-refractivity contribution < 1.29 is 5.11 Å². The fourth-order valence-corrected chi connectivity index (χ4v) is 3.21. The van der Waals surface area contributed by atoms with E-state index in [0.29, 0.717) is 5.92 Å². The van der Waals surface area contributed by atoms with Crippen LogP contribution in [0, 0.1) is 5.92 Å². The van der Waals surface area contributed by atoms with E-state index in [9.17, 15) is 5.11 Å². The Hall–Kier alpha value is -1.03. The molecule has 4 heteroatoms. The summed E-state index contributed by atoms with van der Waals surface area (Å²) in [6.07, 6.45) is 2.29. The van der Waals surface area contributed by atoms with Crippen molar-refractivity contribution >= 4 is 22.5 Å². The van der Waals surface area contributed by atoms with Crippen LogP contribution >= 0.6 is 11.6 Å². The molecular formula is C15H19ClN2O. The number of H-pyrrole nitrogens is 1. The fourth-order valence-electron chi connectivity index (χ4n) is 2.94. The number of aromatic amines is 1. The topological polar surface area (TPSA) is 39.3 Å². The third kappa shape index (κ3) is 2.64. The van der Waals surface area contributed by atoms with Crippen LogP contribution in [-0.4, -0.2) is 34.7 Å². The van der Waals surface area contributed by atoms with Gasteiger partial charge in [-0.1, -0.05) is 29.8 Å². The van der Waals surface area contributed by atoms with Gasteiger partial charge in [0, 0.05) is 36.3 Å². The first-order chi connectivity index (χ1) is 9.28. The molecule has 0 aliphatic carbocycles. The van der Waals surface area contributed by atoms with E-state index >= 15 is 0 Å². The average molecular weight is 279 g/mol. The predicted octanol–water partition coefficient (Wildman–Crippen LogP) is 3.03. The van der Waals surface area contributed by atoms with Gasteiger partial charge in [-0.05, 0) is 31.4 Å². The SMILES string of the molecule is OCC1CCCN(Cc2[nH]c3ccccc3c2Cl)C1. The first-order valence-corrected chi connectivity index (χ1v) is 7.24. The number of aliphatic hydroxyl groups is 1. The third-order valence-electron chi connectivity index (χ3n) is 3.96. The molecule has 1 aliphatic rings. The highest BCUT2D eigenvalue weighted by atomic mass is 35.5. The molecule has 2 heterocycles. The molecule has 1 atom stereocenters. The Morgan fingerprint density at radius 3 is 3.00 bits per heavy atom. The van der Waals surface area contributed by atoms with E-state index in [-0.39, 0.29) is 6.61 Å². The summed E-state index contributed by atoms with van der Waals surface area (Å²) < 4.78 is 0. The zero-order valence-electron chi connectivity index (χ0n) is 10.9. The van der Waals surface area contributed by atoms with Gasteiger partial charge in [-0.2, -0.15) is 0 Å². The first kappa shape index (κ1) is 13.0. The van der Waals surface area contributed by atoms with Crippen LogP contribution in [-0.2, 0) is 6.54 Å². The summed E-state index contributed by atoms with van der Waals surface area (Å²) in [6.45, 7) is 3.17. The van der Waals surface area contributed by atoms with E-state index in [1.165, 1.54) is 0 Å². The zero-order valence-corrected chi connectivity index (χ0v) is 11.7. The summed E-state index contributed by atoms with van der Waals surface area (Å²) >= 11 is 6.44. The van der Waals surface area contributed by atoms with Gasteiger partial charge in [-0.15, -0.1) is 0 Å². The monoisotopic (exact) mass is 278 g/mol. The Bertz CT molecular complexity index is 566. The lowest BCUT2D eigenvalue weighted by Gasteiger charge is -2.31. The fraction of sp³-hybridized carbons (Fsp3) is 0.467. The molecule has 2 N–H and O–H groups in total. The summed E-state index contributed by atoms with van der Waals surface area (Å²) in [5.74, 6) is 0.414. The molecule has 0 bridgehead atoms. The van der Waals surface area contributed by atoms with Crippen molar-refractivity contribution in [2.75, 3.05) is 19.7 Å². The van der Waals surface area contributed by atoms with Crippen LogP contribution in [0.25, 0.3) is 10.9 Å². The predicted molar refractivity (Wildman–Crippen MR) is 78.4 cm³/mol. The van der Waals surface area contributed by atoms with Crippen LogP contribution in [0.2, 0.25) is 5.02 Å². The second kappa shape index (κ2) is 5.53. The Kier molecular flexibility index (Phi) is 3.78. The van der Waals surface area contributed by atoms with Gasteiger partial charge < -0.3 is 10.1 Å². The number of benzene rings is 1. The Balaban J connectivity index is 1.79. The van der Waals surface area contributed by atoms with Gasteiger partial charge in [0.2, 0.25) is 0 Å². The highest BCUT2D eigenvalue weighted by Gasteiger charge is 2.20. The second-order valence-electron chi connectivity index (χ2n) is 5.39. The number of piperidine rings is 1. The molecule has 1 aliphatic heterocycles. The van der Waals surface area contributed by atoms with Crippen LogP contribution in [0.15, 0.2) is 24.3 Å². The molecule has 1 aromatic heterocycles. The molecule has 2 aromatic rings. The van der Waals surface area contributed by atoms with Crippen LogP contribution in [0.3, 0.4) is 0 Å². The standard InChI is InChI=1S/C15H19ClN2O/c16-15-12-5-1-2-6-13(12)17-14(15)9-18-7-3-4-11(8-18)10-19/h1-2,5-6,11,17,19H,3-4,7-10H2. The second-order valence-corrected chi connectivity index (χ2v) is 5.77. The molecular weight excluding hydrogens is 260 g/mol. The number of aliphatic hydroxyl groups excluding tert-OH is 1. The zero-order chi connectivity index (χ0) is 13.2. The number of likely N-dealkylation sites (tertiary alicyclic amines) is 1. The van der Waals surface area contributed by atoms with Gasteiger partial charge >= 0.3 is 0 Å². The molecule has 102 valence electrons. The van der Waals surface area contributed by atoms with Gasteiger partial charge in [0.15, 0.2) is 0 Å². The van der Waals surface area contributed by atoms with Crippen molar-refractivity contribution in [3.63, 3.8) is 0 Å². The van der Waals surface area contributed by atoms with Gasteiger partial charge in [0.1, 0.15) is 0 Å². The summed E-state index contributed by atoms with van der Waals surface area (Å²) in [4.78, 5) is 5.78. The lowest BCUT2D eigenvalue weighted by Crippen LogP contribution is -2.36. The summed E-state index contributed by atoms with van der Waals surface area (Å²) in [7, 11) is 0. The smallest absolute Gasteiger partial charge is 0.0705 e. The normalized spacial score (nSPS) is 21.1. The number of nitrogens with zero attached hydrogens (tertiary/aromatic N) is 1. The number of halogens is 1. The number of hydrogen-bond donors (Lipinski definition) is 2. The van der Waals surface area contributed by atoms with Gasteiger partial charge in [-0.25, -0.2) is 0 Å². The molecule has 0 spiro atoms. The van der Waals surface area contributed by atoms with E-state index in [1.54, 1.807) is 0 Å². The third-order valence-corrected chi connectivity index (χ3v) is 4.39. The maximum absolute atomic E-state index is 9.28. The van der Waals surface area contributed by atoms with E-state index in [0.717, 1.165) is 54.1 Å². The molecule has 1 aromatic carbocycles. The van der Waals surface area contributed by atoms with Crippen molar-refractivity contribution in [3.8, 4) is 0 Å². The highest BCUT2D eigenvalue weighted by Crippen LogP contribution is 2.29. The quantitative estimate of drug-likeness (QED) is 0.906. The minimum Gasteiger partial charge on any atom is -0.396 e. The molecule has 0 radical (unpaired) electrons. The largest absolute Gasteiger partial charge is 0.396 e. The summed E-state index contributed by atoms with van der Waals surface area (Å²) in [5, 5.41) is 11.2. The van der Waals surface area contributed by atoms with Crippen molar-refractivity contribution in [2.45, 2.75) is 19.4 Å². The van der Waals surface area contributed by atoms with Crippen molar-refractivity contribution in [1.29, 1.82) is 0 Å². The molecule has 0 amide bonds. The Morgan fingerprint density at radius 2 is 2.21 bits per heavy atom. The lowest BCUT2D eigenvalue weighted by molar-refractivity contribution is 0.115. The number of nitrogens with one attached hydrogen (secondary N) is 1. The van der Waals surface area contributed by atoms with Crippen LogP contribution < -0.4 is 0 Å². The molecule has 1 unspecified atom stereocenters. The van der Waals surface area contributed by atoms with E-state index in [1.807, 2.05) is 18.2 Å². The summed E-state index contributed by atoms with van der Waals surface area (Å²) in [5.41, 5.74) is 2.18. The van der Waals surface area contributed by atoms with Gasteiger partial charge in [0.05, 0.1) is 5.02 Å². The minimum atomic E-state index is 0.289. The van der Waals surface area contributed by atoms with Crippen LogP contribution in [0.5, 0.6) is 0 Å². The molecule has 3 rings (SSSR count). The number of rotatable bonds is 3. The Morgan fingerprint density at radius 1 is 1.37 bits per heavy atom. The molecule has 1 fully saturated rings. The van der Waals surface area contributed by atoms with Crippen molar-refractivity contribution in [1.82, 2.24) is 9.88 Å². The van der Waals surface area contributed by atoms with Crippen molar-refractivity contribution in [2.24, 2.45) is 5.92 Å². The highest BCUT2D eigenvalue weighted by molar-refractivity contribution is 6.36. The maximum Gasteiger partial charge on any atom is 0.0705 e. The number of para-hydroxylation sites is 1. The number of fused-ring (bicyclic) bond motifs is 1. The van der Waals surface area contributed by atoms with E-state index < -0.39 is 0 Å². The van der Waals surface area contributed by atoms with Crippen LogP contribution in [0.1, 0.15) is 18.5 Å².